The Balaban J connectivity index is 2.23. The summed E-state index contributed by atoms with van der Waals surface area (Å²) in [7, 11) is 0. The Kier molecular flexibility index (Phi) is 3.43. The molecule has 0 aliphatic carbocycles. The van der Waals surface area contributed by atoms with Crippen LogP contribution >= 0.6 is 11.8 Å². The van der Waals surface area contributed by atoms with Crippen LogP contribution in [0.3, 0.4) is 0 Å². The first-order chi connectivity index (χ1) is 8.37. The lowest BCUT2D eigenvalue weighted by Gasteiger charge is -2.17. The van der Waals surface area contributed by atoms with Gasteiger partial charge in [0.25, 0.3) is 0 Å². The molecule has 98 valence electrons. The number of hydrogen-bond acceptors (Lipinski definition) is 4. The van der Waals surface area contributed by atoms with Crippen LogP contribution in [0, 0.1) is 0 Å². The van der Waals surface area contributed by atoms with E-state index in [4.69, 9.17) is 10.2 Å². The average molecular weight is 266 g/mol. The van der Waals surface area contributed by atoms with Gasteiger partial charge in [-0.05, 0) is 12.1 Å². The van der Waals surface area contributed by atoms with Crippen LogP contribution in [0.1, 0.15) is 20.8 Å². The first-order valence-electron chi connectivity index (χ1n) is 5.90. The van der Waals surface area contributed by atoms with Crippen molar-refractivity contribution >= 4 is 28.5 Å². The predicted molar refractivity (Wildman–Crippen MR) is 77.1 cm³/mol. The summed E-state index contributed by atoms with van der Waals surface area (Å²) in [5, 5.41) is 0. The van der Waals surface area contributed by atoms with E-state index in [2.05, 4.69) is 20.8 Å². The normalized spacial score (nSPS) is 12.2. The lowest BCUT2D eigenvalue weighted by molar-refractivity contribution is 0.514. The predicted octanol–water partition coefficient (Wildman–Crippen LogP) is 2.71. The molecule has 0 radical (unpaired) electrons. The average Bonchev–Trinajstić information content (AvgIpc) is 2.52. The van der Waals surface area contributed by atoms with Gasteiger partial charge in [-0.15, -0.1) is 0 Å². The molecule has 2 N–H and O–H groups in total. The topological polar surface area (TPSA) is 61.2 Å². The van der Waals surface area contributed by atoms with E-state index < -0.39 is 0 Å². The van der Waals surface area contributed by atoms with Gasteiger partial charge in [0.15, 0.2) is 5.58 Å². The number of benzene rings is 1. The molecule has 0 saturated carbocycles. The molecule has 1 aromatic heterocycles. The number of nitrogens with two attached hydrogens (primary N) is 1. The molecule has 0 amide bonds. The van der Waals surface area contributed by atoms with Crippen molar-refractivity contribution in [3.05, 3.63) is 28.7 Å². The van der Waals surface area contributed by atoms with Crippen LogP contribution in [0.2, 0.25) is 0 Å². The minimum atomic E-state index is -0.315. The van der Waals surface area contributed by atoms with Crippen molar-refractivity contribution in [3.63, 3.8) is 0 Å². The lowest BCUT2D eigenvalue weighted by atomic mass is 10.3. The lowest BCUT2D eigenvalue weighted by Crippen LogP contribution is -2.17. The molecule has 2 rings (SSSR count). The van der Waals surface area contributed by atoms with Crippen molar-refractivity contribution in [2.75, 3.05) is 11.5 Å². The first kappa shape index (κ1) is 13.1. The molecule has 0 unspecified atom stereocenters. The Labute approximate surface area is 110 Å². The maximum Gasteiger partial charge on any atom is 0.419 e. The molecule has 1 heterocycles. The van der Waals surface area contributed by atoms with Gasteiger partial charge in [-0.1, -0.05) is 20.8 Å². The largest absolute Gasteiger partial charge is 0.419 e. The van der Waals surface area contributed by atoms with Gasteiger partial charge >= 0.3 is 5.76 Å². The highest BCUT2D eigenvalue weighted by molar-refractivity contribution is 8.00. The van der Waals surface area contributed by atoms with Crippen molar-refractivity contribution < 1.29 is 4.42 Å². The monoisotopic (exact) mass is 266 g/mol. The van der Waals surface area contributed by atoms with Gasteiger partial charge in [0, 0.05) is 28.8 Å². The van der Waals surface area contributed by atoms with E-state index in [0.717, 1.165) is 11.3 Å². The Morgan fingerprint density at radius 1 is 1.39 bits per heavy atom. The zero-order valence-electron chi connectivity index (χ0n) is 10.9. The molecule has 1 aromatic carbocycles. The molecule has 0 spiro atoms. The summed E-state index contributed by atoms with van der Waals surface area (Å²) >= 11 is 1.83. The molecule has 4 nitrogen and oxygen atoms in total. The molecular weight excluding hydrogens is 248 g/mol. The van der Waals surface area contributed by atoms with Gasteiger partial charge < -0.3 is 10.2 Å². The number of nitrogens with zero attached hydrogens (tertiary/aromatic N) is 1. The van der Waals surface area contributed by atoms with E-state index in [9.17, 15) is 4.79 Å². The molecule has 0 aliphatic rings. The molecule has 2 aromatic rings. The number of aryl methyl sites for hydroxylation is 1. The second kappa shape index (κ2) is 4.72. The van der Waals surface area contributed by atoms with Crippen molar-refractivity contribution in [1.82, 2.24) is 4.57 Å². The standard InChI is InChI=1S/C13H18N2O2S/c1-13(2,3)18-7-6-15-10-5-4-9(14)8-11(10)17-12(15)16/h4-5,8H,6-7,14H2,1-3H3. The van der Waals surface area contributed by atoms with Crippen LogP contribution in [-0.4, -0.2) is 15.1 Å². The Morgan fingerprint density at radius 2 is 2.11 bits per heavy atom. The number of aromatic nitrogens is 1. The summed E-state index contributed by atoms with van der Waals surface area (Å²) in [6.07, 6.45) is 0. The maximum atomic E-state index is 11.8. The number of thioether (sulfide) groups is 1. The number of rotatable bonds is 3. The zero-order chi connectivity index (χ0) is 13.3. The molecular formula is C13H18N2O2S. The van der Waals surface area contributed by atoms with E-state index in [-0.39, 0.29) is 10.5 Å². The summed E-state index contributed by atoms with van der Waals surface area (Å²) in [6, 6.07) is 5.30. The van der Waals surface area contributed by atoms with E-state index >= 15 is 0 Å². The van der Waals surface area contributed by atoms with Gasteiger partial charge in [-0.3, -0.25) is 4.57 Å². The molecule has 0 saturated heterocycles. The quantitative estimate of drug-likeness (QED) is 0.868. The number of oxazole rings is 1. The number of anilines is 1. The number of fused-ring (bicyclic) bond motifs is 1. The molecule has 5 heteroatoms. The summed E-state index contributed by atoms with van der Waals surface area (Å²) in [5.74, 6) is 0.563. The van der Waals surface area contributed by atoms with E-state index in [1.54, 1.807) is 16.7 Å². The first-order valence-corrected chi connectivity index (χ1v) is 6.88. The highest BCUT2D eigenvalue weighted by atomic mass is 32.2. The van der Waals surface area contributed by atoms with Crippen molar-refractivity contribution in [3.8, 4) is 0 Å². The third-order valence-corrected chi connectivity index (χ3v) is 3.80. The Morgan fingerprint density at radius 3 is 2.78 bits per heavy atom. The van der Waals surface area contributed by atoms with E-state index in [0.29, 0.717) is 17.8 Å². The highest BCUT2D eigenvalue weighted by Crippen LogP contribution is 2.23. The van der Waals surface area contributed by atoms with Gasteiger partial charge in [-0.2, -0.15) is 11.8 Å². The summed E-state index contributed by atoms with van der Waals surface area (Å²) in [5.41, 5.74) is 7.63. The summed E-state index contributed by atoms with van der Waals surface area (Å²) < 4.78 is 7.04. The van der Waals surface area contributed by atoms with Gasteiger partial charge in [0.1, 0.15) is 0 Å². The van der Waals surface area contributed by atoms with Crippen LogP contribution in [0.5, 0.6) is 0 Å². The smallest absolute Gasteiger partial charge is 0.408 e. The minimum Gasteiger partial charge on any atom is -0.408 e. The second-order valence-corrected chi connectivity index (χ2v) is 7.13. The minimum absolute atomic E-state index is 0.202. The van der Waals surface area contributed by atoms with Gasteiger partial charge in [0.05, 0.1) is 5.52 Å². The van der Waals surface area contributed by atoms with Crippen LogP contribution in [0.15, 0.2) is 27.4 Å². The van der Waals surface area contributed by atoms with Crippen molar-refractivity contribution in [2.45, 2.75) is 32.1 Å². The van der Waals surface area contributed by atoms with Crippen molar-refractivity contribution in [2.24, 2.45) is 0 Å². The molecule has 0 aliphatic heterocycles. The fourth-order valence-electron chi connectivity index (χ4n) is 1.74. The number of nitrogen functional groups attached to an aromatic ring is 1. The summed E-state index contributed by atoms with van der Waals surface area (Å²) in [4.78, 5) is 11.8. The summed E-state index contributed by atoms with van der Waals surface area (Å²) in [6.45, 7) is 7.13. The third-order valence-electron chi connectivity index (χ3n) is 2.54. The SMILES string of the molecule is CC(C)(C)SCCn1c(=O)oc2cc(N)ccc21. The highest BCUT2D eigenvalue weighted by Gasteiger charge is 2.13. The number of hydrogen-bond donors (Lipinski definition) is 1. The third kappa shape index (κ3) is 2.90. The maximum absolute atomic E-state index is 11.8. The fraction of sp³-hybridized carbons (Fsp3) is 0.462. The van der Waals surface area contributed by atoms with Crippen molar-refractivity contribution in [1.29, 1.82) is 0 Å². The molecule has 0 bridgehead atoms. The van der Waals surface area contributed by atoms with Gasteiger partial charge in [-0.25, -0.2) is 4.79 Å². The molecule has 0 fully saturated rings. The Bertz CT molecular complexity index is 607. The van der Waals surface area contributed by atoms with Crippen LogP contribution in [0.25, 0.3) is 11.1 Å². The van der Waals surface area contributed by atoms with Crippen LogP contribution in [-0.2, 0) is 6.54 Å². The molecule has 18 heavy (non-hydrogen) atoms. The van der Waals surface area contributed by atoms with Gasteiger partial charge in [0.2, 0.25) is 0 Å². The fourth-order valence-corrected chi connectivity index (χ4v) is 2.62. The Hall–Kier alpha value is -1.36. The van der Waals surface area contributed by atoms with Crippen LogP contribution in [0.4, 0.5) is 5.69 Å². The van der Waals surface area contributed by atoms with E-state index in [1.165, 1.54) is 0 Å². The zero-order valence-corrected chi connectivity index (χ0v) is 11.7. The van der Waals surface area contributed by atoms with E-state index in [1.807, 2.05) is 17.8 Å². The van der Waals surface area contributed by atoms with Crippen LogP contribution < -0.4 is 11.5 Å². The molecule has 0 atom stereocenters. The second-order valence-electron chi connectivity index (χ2n) is 5.21.